The predicted molar refractivity (Wildman–Crippen MR) is 66.5 cm³/mol. The highest BCUT2D eigenvalue weighted by atomic mass is 16.5. The van der Waals surface area contributed by atoms with Gasteiger partial charge in [-0.05, 0) is 36.8 Å². The van der Waals surface area contributed by atoms with E-state index < -0.39 is 0 Å². The fourth-order valence-electron chi connectivity index (χ4n) is 1.52. The lowest BCUT2D eigenvalue weighted by Crippen LogP contribution is -1.93. The molecule has 1 aromatic heterocycles. The summed E-state index contributed by atoms with van der Waals surface area (Å²) in [5, 5.41) is 0. The van der Waals surface area contributed by atoms with Gasteiger partial charge in [0.15, 0.2) is 0 Å². The van der Waals surface area contributed by atoms with E-state index >= 15 is 0 Å². The van der Waals surface area contributed by atoms with Crippen LogP contribution in [0.2, 0.25) is 0 Å². The van der Waals surface area contributed by atoms with Crippen LogP contribution in [0.1, 0.15) is 5.56 Å². The molecule has 2 N–H and O–H groups in total. The first kappa shape index (κ1) is 11.3. The van der Waals surface area contributed by atoms with E-state index in [1.165, 1.54) is 0 Å². The SMILES string of the molecule is COc1ccc(Oc2cccc(N)n2)cc1C. The average Bonchev–Trinajstić information content (AvgIpc) is 2.29. The van der Waals surface area contributed by atoms with Crippen molar-refractivity contribution in [3.05, 3.63) is 42.0 Å². The maximum Gasteiger partial charge on any atom is 0.221 e. The molecule has 0 saturated heterocycles. The number of nitrogens with two attached hydrogens (primary N) is 1. The van der Waals surface area contributed by atoms with Crippen LogP contribution >= 0.6 is 0 Å². The van der Waals surface area contributed by atoms with Gasteiger partial charge in [-0.3, -0.25) is 0 Å². The molecular weight excluding hydrogens is 216 g/mol. The molecule has 0 radical (unpaired) electrons. The van der Waals surface area contributed by atoms with Crippen molar-refractivity contribution in [3.8, 4) is 17.4 Å². The second-order valence-electron chi connectivity index (χ2n) is 3.63. The monoisotopic (exact) mass is 230 g/mol. The van der Waals surface area contributed by atoms with E-state index in [2.05, 4.69) is 4.98 Å². The van der Waals surface area contributed by atoms with Crippen LogP contribution in [0.25, 0.3) is 0 Å². The zero-order valence-corrected chi connectivity index (χ0v) is 9.81. The molecule has 2 aromatic rings. The third-order valence-electron chi connectivity index (χ3n) is 2.33. The molecule has 1 heterocycles. The van der Waals surface area contributed by atoms with Crippen LogP contribution in [0.3, 0.4) is 0 Å². The van der Waals surface area contributed by atoms with Gasteiger partial charge in [-0.1, -0.05) is 6.07 Å². The zero-order chi connectivity index (χ0) is 12.3. The number of hydrogen-bond acceptors (Lipinski definition) is 4. The number of aryl methyl sites for hydroxylation is 1. The smallest absolute Gasteiger partial charge is 0.221 e. The van der Waals surface area contributed by atoms with Crippen molar-refractivity contribution in [2.24, 2.45) is 0 Å². The lowest BCUT2D eigenvalue weighted by molar-refractivity contribution is 0.409. The Kier molecular flexibility index (Phi) is 3.14. The van der Waals surface area contributed by atoms with Crippen molar-refractivity contribution in [2.45, 2.75) is 6.92 Å². The molecule has 88 valence electrons. The molecule has 0 unspecified atom stereocenters. The summed E-state index contributed by atoms with van der Waals surface area (Å²) in [7, 11) is 1.64. The fraction of sp³-hybridized carbons (Fsp3) is 0.154. The van der Waals surface area contributed by atoms with E-state index in [-0.39, 0.29) is 0 Å². The second-order valence-corrected chi connectivity index (χ2v) is 3.63. The first-order valence-electron chi connectivity index (χ1n) is 5.24. The van der Waals surface area contributed by atoms with E-state index in [9.17, 15) is 0 Å². The normalized spacial score (nSPS) is 10.0. The Morgan fingerprint density at radius 2 is 2.00 bits per heavy atom. The molecule has 0 bridgehead atoms. The molecule has 0 saturated carbocycles. The molecule has 4 heteroatoms. The van der Waals surface area contributed by atoms with Gasteiger partial charge in [-0.2, -0.15) is 4.98 Å². The molecule has 0 aliphatic rings. The molecule has 4 nitrogen and oxygen atoms in total. The standard InChI is InChI=1S/C13H14N2O2/c1-9-8-10(6-7-11(9)16-2)17-13-5-3-4-12(14)15-13/h3-8H,1-2H3,(H2,14,15). The Balaban J connectivity index is 2.22. The molecule has 0 aliphatic carbocycles. The van der Waals surface area contributed by atoms with Crippen molar-refractivity contribution in [1.29, 1.82) is 0 Å². The minimum atomic E-state index is 0.438. The fourth-order valence-corrected chi connectivity index (χ4v) is 1.52. The van der Waals surface area contributed by atoms with Crippen molar-refractivity contribution in [3.63, 3.8) is 0 Å². The summed E-state index contributed by atoms with van der Waals surface area (Å²) < 4.78 is 10.8. The van der Waals surface area contributed by atoms with Gasteiger partial charge in [0.05, 0.1) is 7.11 Å². The lowest BCUT2D eigenvalue weighted by atomic mass is 10.2. The summed E-state index contributed by atoms with van der Waals surface area (Å²) in [4.78, 5) is 4.07. The third kappa shape index (κ3) is 2.66. The highest BCUT2D eigenvalue weighted by molar-refractivity contribution is 5.41. The maximum atomic E-state index is 5.59. The van der Waals surface area contributed by atoms with Crippen LogP contribution in [0.5, 0.6) is 17.4 Å². The van der Waals surface area contributed by atoms with Crippen LogP contribution in [0.4, 0.5) is 5.82 Å². The van der Waals surface area contributed by atoms with Gasteiger partial charge in [0, 0.05) is 6.07 Å². The molecule has 0 aliphatic heterocycles. The summed E-state index contributed by atoms with van der Waals surface area (Å²) >= 11 is 0. The molecule has 1 aromatic carbocycles. The van der Waals surface area contributed by atoms with Crippen LogP contribution in [0.15, 0.2) is 36.4 Å². The summed E-state index contributed by atoms with van der Waals surface area (Å²) in [5.74, 6) is 2.46. The van der Waals surface area contributed by atoms with Crippen LogP contribution < -0.4 is 15.2 Å². The van der Waals surface area contributed by atoms with Gasteiger partial charge >= 0.3 is 0 Å². The van der Waals surface area contributed by atoms with Crippen LogP contribution in [-0.2, 0) is 0 Å². The molecule has 0 atom stereocenters. The minimum Gasteiger partial charge on any atom is -0.496 e. The highest BCUT2D eigenvalue weighted by Crippen LogP contribution is 2.26. The van der Waals surface area contributed by atoms with E-state index in [4.69, 9.17) is 15.2 Å². The quantitative estimate of drug-likeness (QED) is 0.880. The van der Waals surface area contributed by atoms with Gasteiger partial charge in [-0.25, -0.2) is 0 Å². The van der Waals surface area contributed by atoms with Crippen molar-refractivity contribution >= 4 is 5.82 Å². The maximum absolute atomic E-state index is 5.59. The third-order valence-corrected chi connectivity index (χ3v) is 2.33. The number of hydrogen-bond donors (Lipinski definition) is 1. The molecular formula is C13H14N2O2. The Morgan fingerprint density at radius 3 is 2.65 bits per heavy atom. The Hall–Kier alpha value is -2.23. The molecule has 0 spiro atoms. The van der Waals surface area contributed by atoms with Gasteiger partial charge in [0.2, 0.25) is 5.88 Å². The number of methoxy groups -OCH3 is 1. The van der Waals surface area contributed by atoms with Gasteiger partial charge < -0.3 is 15.2 Å². The summed E-state index contributed by atoms with van der Waals surface area (Å²) in [6.45, 7) is 1.96. The molecule has 17 heavy (non-hydrogen) atoms. The van der Waals surface area contributed by atoms with Crippen molar-refractivity contribution in [1.82, 2.24) is 4.98 Å². The molecule has 0 amide bonds. The highest BCUT2D eigenvalue weighted by Gasteiger charge is 2.03. The summed E-state index contributed by atoms with van der Waals surface area (Å²) in [5.41, 5.74) is 6.58. The topological polar surface area (TPSA) is 57.4 Å². The molecule has 2 rings (SSSR count). The van der Waals surface area contributed by atoms with E-state index in [1.807, 2.05) is 25.1 Å². The first-order valence-corrected chi connectivity index (χ1v) is 5.24. The van der Waals surface area contributed by atoms with Crippen LogP contribution in [0, 0.1) is 6.92 Å². The Bertz CT molecular complexity index is 527. The van der Waals surface area contributed by atoms with Crippen molar-refractivity contribution in [2.75, 3.05) is 12.8 Å². The van der Waals surface area contributed by atoms with E-state index in [1.54, 1.807) is 25.3 Å². The van der Waals surface area contributed by atoms with Crippen LogP contribution in [-0.4, -0.2) is 12.1 Å². The number of nitrogens with zero attached hydrogens (tertiary/aromatic N) is 1. The average molecular weight is 230 g/mol. The zero-order valence-electron chi connectivity index (χ0n) is 9.81. The number of nitrogen functional groups attached to an aromatic ring is 1. The van der Waals surface area contributed by atoms with E-state index in [0.717, 1.165) is 11.3 Å². The number of anilines is 1. The van der Waals surface area contributed by atoms with Gasteiger partial charge in [0.25, 0.3) is 0 Å². The number of pyridine rings is 1. The largest absolute Gasteiger partial charge is 0.496 e. The summed E-state index contributed by atoms with van der Waals surface area (Å²) in [6.07, 6.45) is 0. The van der Waals surface area contributed by atoms with Crippen molar-refractivity contribution < 1.29 is 9.47 Å². The van der Waals surface area contributed by atoms with Gasteiger partial charge in [0.1, 0.15) is 17.3 Å². The molecule has 0 fully saturated rings. The second kappa shape index (κ2) is 4.74. The predicted octanol–water partition coefficient (Wildman–Crippen LogP) is 2.77. The number of benzene rings is 1. The lowest BCUT2D eigenvalue weighted by Gasteiger charge is -2.08. The summed E-state index contributed by atoms with van der Waals surface area (Å²) in [6, 6.07) is 10.9. The minimum absolute atomic E-state index is 0.438. The van der Waals surface area contributed by atoms with E-state index in [0.29, 0.717) is 17.4 Å². The Morgan fingerprint density at radius 1 is 1.18 bits per heavy atom. The number of rotatable bonds is 3. The first-order chi connectivity index (χ1) is 8.19. The van der Waals surface area contributed by atoms with Gasteiger partial charge in [-0.15, -0.1) is 0 Å². The number of aromatic nitrogens is 1. The Labute approximate surface area is 100 Å². The number of ether oxygens (including phenoxy) is 2.